The van der Waals surface area contributed by atoms with Crippen LogP contribution in [-0.2, 0) is 9.59 Å². The Morgan fingerprint density at radius 3 is 2.79 bits per heavy atom. The molecule has 1 amide bonds. The highest BCUT2D eigenvalue weighted by Crippen LogP contribution is 2.14. The number of ether oxygens (including phenoxy) is 1. The van der Waals surface area contributed by atoms with Gasteiger partial charge >= 0.3 is 5.97 Å². The third-order valence-corrected chi connectivity index (χ3v) is 2.34. The number of carboxylic acids is 1. The van der Waals surface area contributed by atoms with Crippen LogP contribution < -0.4 is 15.8 Å². The average Bonchev–Trinajstić information content (AvgIpc) is 2.36. The van der Waals surface area contributed by atoms with E-state index in [0.29, 0.717) is 31.0 Å². The topological polar surface area (TPSA) is 102 Å². The quantitative estimate of drug-likeness (QED) is 0.481. The van der Waals surface area contributed by atoms with E-state index in [2.05, 4.69) is 5.32 Å². The van der Waals surface area contributed by atoms with Gasteiger partial charge in [0.1, 0.15) is 5.75 Å². The standard InChI is InChI=1S/C13H18N2O4/c14-10-3-1-4-11(9-10)19-8-2-7-15-12(16)5-6-13(17)18/h1,3-4,9H,2,5-8,14H2,(H,15,16)(H,17,18). The zero-order valence-corrected chi connectivity index (χ0v) is 10.6. The molecular weight excluding hydrogens is 248 g/mol. The van der Waals surface area contributed by atoms with Gasteiger partial charge in [-0.1, -0.05) is 6.07 Å². The van der Waals surface area contributed by atoms with E-state index in [0.717, 1.165) is 0 Å². The van der Waals surface area contributed by atoms with Crippen molar-refractivity contribution < 1.29 is 19.4 Å². The monoisotopic (exact) mass is 266 g/mol. The van der Waals surface area contributed by atoms with Gasteiger partial charge in [-0.2, -0.15) is 0 Å². The summed E-state index contributed by atoms with van der Waals surface area (Å²) < 4.78 is 5.44. The SMILES string of the molecule is Nc1cccc(OCCCNC(=O)CCC(=O)O)c1. The smallest absolute Gasteiger partial charge is 0.303 e. The van der Waals surface area contributed by atoms with Gasteiger partial charge in [0.25, 0.3) is 0 Å². The van der Waals surface area contributed by atoms with Gasteiger partial charge in [0.05, 0.1) is 13.0 Å². The number of nitrogen functional groups attached to an aromatic ring is 1. The van der Waals surface area contributed by atoms with Gasteiger partial charge in [-0.05, 0) is 18.6 Å². The van der Waals surface area contributed by atoms with E-state index in [-0.39, 0.29) is 18.7 Å². The molecule has 1 rings (SSSR count). The minimum atomic E-state index is -0.972. The van der Waals surface area contributed by atoms with Gasteiger partial charge in [0, 0.05) is 24.7 Å². The van der Waals surface area contributed by atoms with Gasteiger partial charge in [-0.15, -0.1) is 0 Å². The summed E-state index contributed by atoms with van der Waals surface area (Å²) in [5.74, 6) is -0.538. The lowest BCUT2D eigenvalue weighted by atomic mass is 10.3. The lowest BCUT2D eigenvalue weighted by molar-refractivity contribution is -0.138. The fourth-order valence-corrected chi connectivity index (χ4v) is 1.40. The van der Waals surface area contributed by atoms with E-state index >= 15 is 0 Å². The summed E-state index contributed by atoms with van der Waals surface area (Å²) in [5.41, 5.74) is 6.24. The number of aliphatic carboxylic acids is 1. The van der Waals surface area contributed by atoms with Crippen LogP contribution >= 0.6 is 0 Å². The van der Waals surface area contributed by atoms with E-state index in [4.69, 9.17) is 15.6 Å². The van der Waals surface area contributed by atoms with Crippen LogP contribution in [0.3, 0.4) is 0 Å². The number of hydrogen-bond donors (Lipinski definition) is 3. The van der Waals surface area contributed by atoms with Gasteiger partial charge in [0.2, 0.25) is 5.91 Å². The lowest BCUT2D eigenvalue weighted by Gasteiger charge is -2.07. The Kier molecular flexibility index (Phi) is 6.21. The van der Waals surface area contributed by atoms with Crippen molar-refractivity contribution in [2.75, 3.05) is 18.9 Å². The molecule has 0 fully saturated rings. The van der Waals surface area contributed by atoms with Crippen molar-refractivity contribution in [3.63, 3.8) is 0 Å². The highest BCUT2D eigenvalue weighted by Gasteiger charge is 2.04. The van der Waals surface area contributed by atoms with Crippen molar-refractivity contribution in [1.29, 1.82) is 0 Å². The molecule has 6 nitrogen and oxygen atoms in total. The van der Waals surface area contributed by atoms with Crippen LogP contribution in [0.1, 0.15) is 19.3 Å². The molecule has 0 atom stereocenters. The minimum absolute atomic E-state index is 0.00537. The third kappa shape index (κ3) is 6.92. The van der Waals surface area contributed by atoms with Gasteiger partial charge < -0.3 is 20.9 Å². The summed E-state index contributed by atoms with van der Waals surface area (Å²) in [5, 5.41) is 11.0. The Morgan fingerprint density at radius 1 is 1.32 bits per heavy atom. The van der Waals surface area contributed by atoms with Crippen molar-refractivity contribution in [2.45, 2.75) is 19.3 Å². The third-order valence-electron chi connectivity index (χ3n) is 2.34. The lowest BCUT2D eigenvalue weighted by Crippen LogP contribution is -2.25. The first kappa shape index (κ1) is 14.8. The van der Waals surface area contributed by atoms with Crippen molar-refractivity contribution in [3.05, 3.63) is 24.3 Å². The first-order valence-corrected chi connectivity index (χ1v) is 6.05. The normalized spacial score (nSPS) is 9.89. The summed E-state index contributed by atoms with van der Waals surface area (Å²) in [6.45, 7) is 0.920. The van der Waals surface area contributed by atoms with Crippen LogP contribution in [0.4, 0.5) is 5.69 Å². The number of amides is 1. The molecular formula is C13H18N2O4. The number of carboxylic acid groups (broad SMARTS) is 1. The number of nitrogens with one attached hydrogen (secondary N) is 1. The molecule has 0 unspecified atom stereocenters. The number of hydrogen-bond acceptors (Lipinski definition) is 4. The number of rotatable bonds is 8. The van der Waals surface area contributed by atoms with Crippen molar-refractivity contribution in [2.24, 2.45) is 0 Å². The van der Waals surface area contributed by atoms with Crippen molar-refractivity contribution in [3.8, 4) is 5.75 Å². The van der Waals surface area contributed by atoms with E-state index in [1.54, 1.807) is 18.2 Å². The molecule has 0 aliphatic carbocycles. The molecule has 104 valence electrons. The second-order valence-corrected chi connectivity index (χ2v) is 4.02. The van der Waals surface area contributed by atoms with Gasteiger partial charge in [-0.25, -0.2) is 0 Å². The second-order valence-electron chi connectivity index (χ2n) is 4.02. The van der Waals surface area contributed by atoms with Crippen LogP contribution in [0.5, 0.6) is 5.75 Å². The fourth-order valence-electron chi connectivity index (χ4n) is 1.40. The summed E-state index contributed by atoms with van der Waals surface area (Å²) in [4.78, 5) is 21.4. The van der Waals surface area contributed by atoms with Crippen LogP contribution in [0.15, 0.2) is 24.3 Å². The highest BCUT2D eigenvalue weighted by molar-refractivity contribution is 5.80. The first-order valence-electron chi connectivity index (χ1n) is 6.05. The average molecular weight is 266 g/mol. The summed E-state index contributed by atoms with van der Waals surface area (Å²) >= 11 is 0. The Hall–Kier alpha value is -2.24. The number of carbonyl (C=O) groups excluding carboxylic acids is 1. The maximum absolute atomic E-state index is 11.2. The molecule has 1 aromatic rings. The molecule has 19 heavy (non-hydrogen) atoms. The first-order chi connectivity index (χ1) is 9.08. The van der Waals surface area contributed by atoms with Crippen LogP contribution in [0, 0.1) is 0 Å². The zero-order valence-electron chi connectivity index (χ0n) is 10.6. The van der Waals surface area contributed by atoms with Crippen molar-refractivity contribution >= 4 is 17.6 Å². The molecule has 4 N–H and O–H groups in total. The maximum atomic E-state index is 11.2. The van der Waals surface area contributed by atoms with Crippen LogP contribution in [0.25, 0.3) is 0 Å². The molecule has 0 spiro atoms. The molecule has 0 aromatic heterocycles. The molecule has 1 aromatic carbocycles. The van der Waals surface area contributed by atoms with E-state index in [1.807, 2.05) is 6.07 Å². The highest BCUT2D eigenvalue weighted by atomic mass is 16.5. The molecule has 0 radical (unpaired) electrons. The van der Waals surface area contributed by atoms with E-state index < -0.39 is 5.97 Å². The molecule has 0 heterocycles. The number of anilines is 1. The Morgan fingerprint density at radius 2 is 2.11 bits per heavy atom. The van der Waals surface area contributed by atoms with Gasteiger partial charge in [0.15, 0.2) is 0 Å². The van der Waals surface area contributed by atoms with Gasteiger partial charge in [-0.3, -0.25) is 9.59 Å². The number of carbonyl (C=O) groups is 2. The number of nitrogens with two attached hydrogens (primary N) is 1. The fraction of sp³-hybridized carbons (Fsp3) is 0.385. The van der Waals surface area contributed by atoms with E-state index in [1.165, 1.54) is 0 Å². The predicted molar refractivity (Wildman–Crippen MR) is 70.8 cm³/mol. The van der Waals surface area contributed by atoms with E-state index in [9.17, 15) is 9.59 Å². The molecule has 6 heteroatoms. The Bertz CT molecular complexity index is 434. The summed E-state index contributed by atoms with van der Waals surface area (Å²) in [6.07, 6.45) is 0.505. The molecule has 0 saturated heterocycles. The largest absolute Gasteiger partial charge is 0.493 e. The minimum Gasteiger partial charge on any atom is -0.493 e. The molecule has 0 saturated carbocycles. The molecule has 0 aliphatic heterocycles. The Labute approximate surface area is 111 Å². The number of benzene rings is 1. The zero-order chi connectivity index (χ0) is 14.1. The van der Waals surface area contributed by atoms with Crippen molar-refractivity contribution in [1.82, 2.24) is 5.32 Å². The van der Waals surface area contributed by atoms with Crippen LogP contribution in [-0.4, -0.2) is 30.1 Å². The second kappa shape index (κ2) is 7.97. The molecule has 0 bridgehead atoms. The molecule has 0 aliphatic rings. The maximum Gasteiger partial charge on any atom is 0.303 e. The Balaban J connectivity index is 2.08. The predicted octanol–water partition coefficient (Wildman–Crippen LogP) is 1.02. The summed E-state index contributed by atoms with van der Waals surface area (Å²) in [7, 11) is 0. The summed E-state index contributed by atoms with van der Waals surface area (Å²) in [6, 6.07) is 7.11. The van der Waals surface area contributed by atoms with Crippen LogP contribution in [0.2, 0.25) is 0 Å².